The second kappa shape index (κ2) is 16.9. The molecule has 0 saturated heterocycles. The molecule has 0 unspecified atom stereocenters. The summed E-state index contributed by atoms with van der Waals surface area (Å²) >= 11 is 0. The van der Waals surface area contributed by atoms with Crippen molar-refractivity contribution in [1.82, 2.24) is 4.57 Å². The normalized spacial score (nSPS) is 14.0. The number of para-hydroxylation sites is 2. The van der Waals surface area contributed by atoms with Gasteiger partial charge in [-0.05, 0) is 195 Å². The zero-order valence-electron chi connectivity index (χ0n) is 46.9. The van der Waals surface area contributed by atoms with Crippen molar-refractivity contribution in [3.8, 4) is 61.3 Å². The molecule has 3 aliphatic carbocycles. The van der Waals surface area contributed by atoms with Gasteiger partial charge >= 0.3 is 0 Å². The van der Waals surface area contributed by atoms with Crippen molar-refractivity contribution in [1.29, 1.82) is 0 Å². The molecule has 14 aromatic carbocycles. The van der Waals surface area contributed by atoms with Gasteiger partial charge < -0.3 is 13.9 Å². The van der Waals surface area contributed by atoms with Gasteiger partial charge in [0.1, 0.15) is 11.2 Å². The number of fused-ring (bicyclic) bond motifs is 19. The van der Waals surface area contributed by atoms with Gasteiger partial charge in [-0.15, -0.1) is 0 Å². The molecule has 3 nitrogen and oxygen atoms in total. The van der Waals surface area contributed by atoms with E-state index in [0.717, 1.165) is 33.9 Å². The molecule has 0 N–H and O–H groups in total. The molecule has 396 valence electrons. The summed E-state index contributed by atoms with van der Waals surface area (Å²) in [5, 5.41) is 9.82. The number of rotatable bonds is 6. The molecule has 3 aliphatic rings. The number of anilines is 3. The number of hydrogen-bond acceptors (Lipinski definition) is 2. The Kier molecular flexibility index (Phi) is 9.33. The first-order chi connectivity index (χ1) is 41.9. The topological polar surface area (TPSA) is 21.3 Å². The third-order valence-corrected chi connectivity index (χ3v) is 19.8. The van der Waals surface area contributed by atoms with Crippen LogP contribution in [0.15, 0.2) is 283 Å². The number of hydrogen-bond donors (Lipinski definition) is 0. The van der Waals surface area contributed by atoms with Gasteiger partial charge in [0, 0.05) is 49.7 Å². The predicted molar refractivity (Wildman–Crippen MR) is 354 cm³/mol. The van der Waals surface area contributed by atoms with E-state index in [-0.39, 0.29) is 5.41 Å². The Morgan fingerprint density at radius 2 is 0.824 bits per heavy atom. The van der Waals surface area contributed by atoms with E-state index in [0.29, 0.717) is 0 Å². The monoisotopic (exact) mass is 1080 g/mol. The van der Waals surface area contributed by atoms with Crippen molar-refractivity contribution >= 4 is 82.4 Å². The fraction of sp³-hybridized carbons (Fsp3) is 0.0488. The molecular formula is C82H52N2O. The maximum Gasteiger partial charge on any atom is 0.136 e. The number of furan rings is 1. The summed E-state index contributed by atoms with van der Waals surface area (Å²) in [6.45, 7) is 4.77. The summed E-state index contributed by atoms with van der Waals surface area (Å²) in [7, 11) is 0. The summed E-state index contributed by atoms with van der Waals surface area (Å²) in [4.78, 5) is 2.51. The van der Waals surface area contributed by atoms with Crippen LogP contribution < -0.4 is 4.90 Å². The van der Waals surface area contributed by atoms with Gasteiger partial charge in [0.05, 0.1) is 16.4 Å². The van der Waals surface area contributed by atoms with Crippen LogP contribution in [0.25, 0.3) is 127 Å². The lowest BCUT2D eigenvalue weighted by Crippen LogP contribution is -2.26. The molecule has 0 radical (unpaired) electrons. The van der Waals surface area contributed by atoms with Crippen molar-refractivity contribution in [3.05, 3.63) is 312 Å². The molecule has 85 heavy (non-hydrogen) atoms. The SMILES string of the molecule is CC1(C)c2ccccc2-c2ccc(N(c3ccc(-c4ccc5c(c4)c4ccccc4n5-c4ccccc4)cc3)c3ccc4c(c3)C3(c5ccccc5-c5ccccc53)c3cccc(-c5ccc6c(c5)c5cccc7oc8cccc6c8c75)c3-4)cc21. The smallest absolute Gasteiger partial charge is 0.136 e. The highest BCUT2D eigenvalue weighted by Gasteiger charge is 2.52. The molecule has 2 aromatic heterocycles. The van der Waals surface area contributed by atoms with E-state index in [4.69, 9.17) is 4.42 Å². The highest BCUT2D eigenvalue weighted by atomic mass is 16.3. The van der Waals surface area contributed by atoms with Crippen LogP contribution in [0.1, 0.15) is 47.2 Å². The van der Waals surface area contributed by atoms with Gasteiger partial charge in [-0.2, -0.15) is 0 Å². The number of benzene rings is 14. The Bertz CT molecular complexity index is 5480. The third-order valence-electron chi connectivity index (χ3n) is 19.8. The summed E-state index contributed by atoms with van der Waals surface area (Å²) in [5.74, 6) is 0. The Balaban J connectivity index is 0.822. The lowest BCUT2D eigenvalue weighted by molar-refractivity contribution is 0.660. The summed E-state index contributed by atoms with van der Waals surface area (Å²) in [5.41, 5.74) is 28.5. The minimum atomic E-state index is -0.593. The molecule has 2 heterocycles. The van der Waals surface area contributed by atoms with E-state index >= 15 is 0 Å². The lowest BCUT2D eigenvalue weighted by atomic mass is 9.70. The van der Waals surface area contributed by atoms with Gasteiger partial charge in [0.15, 0.2) is 0 Å². The Labute approximate surface area is 491 Å². The van der Waals surface area contributed by atoms with Crippen molar-refractivity contribution in [2.75, 3.05) is 4.90 Å². The van der Waals surface area contributed by atoms with E-state index < -0.39 is 5.41 Å². The maximum absolute atomic E-state index is 6.49. The average Bonchev–Trinajstić information content (AvgIpc) is 1.61. The summed E-state index contributed by atoms with van der Waals surface area (Å²) < 4.78 is 8.88. The molecule has 0 atom stereocenters. The van der Waals surface area contributed by atoms with Crippen LogP contribution in [0, 0.1) is 0 Å². The Morgan fingerprint density at radius 3 is 1.56 bits per heavy atom. The molecule has 3 heteroatoms. The Hall–Kier alpha value is -10.7. The fourth-order valence-corrected chi connectivity index (χ4v) is 16.1. The Morgan fingerprint density at radius 1 is 0.306 bits per heavy atom. The van der Waals surface area contributed by atoms with Gasteiger partial charge in [-0.1, -0.05) is 208 Å². The quantitative estimate of drug-likeness (QED) is 0.155. The first-order valence-corrected chi connectivity index (χ1v) is 29.7. The fourth-order valence-electron chi connectivity index (χ4n) is 16.1. The zero-order chi connectivity index (χ0) is 55.9. The summed E-state index contributed by atoms with van der Waals surface area (Å²) in [6.07, 6.45) is 0. The van der Waals surface area contributed by atoms with E-state index in [2.05, 4.69) is 302 Å². The van der Waals surface area contributed by atoms with Gasteiger partial charge in [-0.25, -0.2) is 0 Å². The standard InChI is InChI=1S/C82H52N2O/c1-81(2)68-26-10-6-19-58(68)61-42-39-54(47-72(61)81)83(53-37-33-49(34-38-53)50-36-44-75-67(45-50)62-22-9-13-30-74(62)84(75)52-17-4-3-5-18-52)55-40-43-65-73(48-55)82(69-27-11-7-20-59(69)60-21-8-12-28-70(60)82)71-29-14-23-56(78(65)71)51-35-41-57-63-24-15-31-76-79(63)80-64(66(57)46-51)25-16-32-77(80)85-76/h3-48H,1-2H3. The third kappa shape index (κ3) is 6.18. The van der Waals surface area contributed by atoms with Crippen LogP contribution in [0.5, 0.6) is 0 Å². The first-order valence-electron chi connectivity index (χ1n) is 29.7. The highest BCUT2D eigenvalue weighted by molar-refractivity contribution is 6.33. The van der Waals surface area contributed by atoms with Crippen LogP contribution in [0.2, 0.25) is 0 Å². The minimum Gasteiger partial charge on any atom is -0.456 e. The number of aromatic nitrogens is 1. The molecule has 0 amide bonds. The van der Waals surface area contributed by atoms with Crippen molar-refractivity contribution < 1.29 is 4.42 Å². The molecule has 0 bridgehead atoms. The van der Waals surface area contributed by atoms with Crippen LogP contribution in [0.3, 0.4) is 0 Å². The molecule has 0 saturated carbocycles. The molecule has 0 fully saturated rings. The summed E-state index contributed by atoms with van der Waals surface area (Å²) in [6, 6.07) is 105. The van der Waals surface area contributed by atoms with Crippen LogP contribution in [0.4, 0.5) is 17.1 Å². The van der Waals surface area contributed by atoms with Gasteiger partial charge in [0.2, 0.25) is 0 Å². The zero-order valence-corrected chi connectivity index (χ0v) is 46.9. The van der Waals surface area contributed by atoms with Crippen LogP contribution in [-0.4, -0.2) is 4.57 Å². The maximum atomic E-state index is 6.49. The average molecular weight is 1080 g/mol. The second-order valence-electron chi connectivity index (χ2n) is 24.2. The molecular weight excluding hydrogens is 1030 g/mol. The van der Waals surface area contributed by atoms with E-state index in [1.165, 1.54) is 143 Å². The van der Waals surface area contributed by atoms with Gasteiger partial charge in [0.25, 0.3) is 0 Å². The molecule has 16 aromatic rings. The highest BCUT2D eigenvalue weighted by Crippen LogP contribution is 2.65. The van der Waals surface area contributed by atoms with E-state index in [9.17, 15) is 0 Å². The first kappa shape index (κ1) is 46.8. The van der Waals surface area contributed by atoms with Gasteiger partial charge in [-0.3, -0.25) is 0 Å². The van der Waals surface area contributed by atoms with Crippen molar-refractivity contribution in [3.63, 3.8) is 0 Å². The van der Waals surface area contributed by atoms with Crippen molar-refractivity contribution in [2.24, 2.45) is 0 Å². The van der Waals surface area contributed by atoms with E-state index in [1.54, 1.807) is 0 Å². The van der Waals surface area contributed by atoms with Crippen LogP contribution in [-0.2, 0) is 10.8 Å². The molecule has 19 rings (SSSR count). The minimum absolute atomic E-state index is 0.186. The molecule has 0 aliphatic heterocycles. The predicted octanol–water partition coefficient (Wildman–Crippen LogP) is 21.9. The number of nitrogens with zero attached hydrogens (tertiary/aromatic N) is 2. The largest absolute Gasteiger partial charge is 0.456 e. The second-order valence-corrected chi connectivity index (χ2v) is 24.2. The lowest BCUT2D eigenvalue weighted by Gasteiger charge is -2.32. The van der Waals surface area contributed by atoms with Crippen LogP contribution >= 0.6 is 0 Å². The molecule has 1 spiro atoms. The van der Waals surface area contributed by atoms with E-state index in [1.807, 2.05) is 0 Å². The van der Waals surface area contributed by atoms with Crippen molar-refractivity contribution in [2.45, 2.75) is 24.7 Å².